The SMILES string of the molecule is CCOP(=O)(Cl)OCC.CCOP(=O)(OCC)Oc1ccc2c(c1)C[C@@H](CCCCCCCCCS(=O)CCCC(F)(F)C(F)(F)F)[C@@H]1[C@@H]2CC[C@]2(C)[C@@H](O)CC[C@@H]12.C[C@]12CC[C@@H]3c4ccc(O)cc4C[C@@H](CCCCCCCCCS(=O)CCCC(F)(F)C(F)(F)F)[C@H]3[C@@H]1CC[C@@H]2O.I. The van der Waals surface area contributed by atoms with Crippen molar-refractivity contribution in [3.05, 3.63) is 58.7 Å². The normalized spacial score (nSPS) is 27.1. The van der Waals surface area contributed by atoms with Crippen molar-refractivity contribution < 1.29 is 99.4 Å². The summed E-state index contributed by atoms with van der Waals surface area (Å²) in [7, 11) is -6.45. The van der Waals surface area contributed by atoms with E-state index in [-0.39, 0.29) is 71.7 Å². The summed E-state index contributed by atoms with van der Waals surface area (Å²) in [5, 5.41) is 32.0. The number of phosphoric ester groups is 1. The third kappa shape index (κ3) is 25.2. The molecule has 6 aliphatic rings. The van der Waals surface area contributed by atoms with Crippen molar-refractivity contribution in [2.75, 3.05) is 49.4 Å². The number of aliphatic hydroxyl groups is 2. The zero-order valence-electron chi connectivity index (χ0n) is 59.4. The first-order chi connectivity index (χ1) is 46.6. The van der Waals surface area contributed by atoms with E-state index in [1.54, 1.807) is 27.7 Å². The zero-order chi connectivity index (χ0) is 73.0. The molecule has 28 heteroatoms. The lowest BCUT2D eigenvalue weighted by atomic mass is 9.52. The molecule has 8 rings (SSSR count). The summed E-state index contributed by atoms with van der Waals surface area (Å²) >= 11 is 5.25. The number of halogens is 12. The molecular weight excluding hydrogens is 1540 g/mol. The fourth-order valence-corrected chi connectivity index (χ4v) is 22.3. The standard InChI is InChI=1S/C36H56F5O6PS.C32H47F5O3S.C4H10ClO3P.HI/c1-4-45-48(43,46-5-2)47-28-15-16-29-27(25-28)24-26(33-30(29)19-21-34(3)31(33)17-18-32(34)42)14-11-9-7-6-8-10-12-22-49(44)23-13-20-35(37,38)36(39,40)41;1-30-17-15-26-25-12-11-24(38)21-23(25)20-22(29(26)27(30)13-14-28(30)39)10-7-5-3-2-4-6-8-18-41(40)19-9-16-31(33,34)32(35,36)37;1-3-7-9(5,6)8-4-2;/h15-16,25-26,30-33,42H,4-14,17-24H2,1-3H3;11-12,21-22,26-29,38-39H,2-10,13-20H2,1H3;3-4H2,1-2H3;1H/t26-,30-,31+,32+,33-,34+,49?;22-,26-,27+,28+,29-,30+,41?;;/m11../s1. The van der Waals surface area contributed by atoms with Crippen LogP contribution in [0.3, 0.4) is 0 Å². The number of unbranched alkanes of at least 4 members (excludes halogenated alkanes) is 12. The summed E-state index contributed by atoms with van der Waals surface area (Å²) in [5.74, 6) is -4.06. The molecule has 0 amide bonds. The topological polar surface area (TPSA) is 175 Å². The molecule has 100 heavy (non-hydrogen) atoms. The van der Waals surface area contributed by atoms with Crippen LogP contribution >= 0.6 is 50.0 Å². The Morgan fingerprint density at radius 1 is 0.510 bits per heavy atom. The van der Waals surface area contributed by atoms with Crippen molar-refractivity contribution in [3.63, 3.8) is 0 Å². The predicted molar refractivity (Wildman–Crippen MR) is 387 cm³/mol. The van der Waals surface area contributed by atoms with Crippen LogP contribution < -0.4 is 4.52 Å². The lowest BCUT2D eigenvalue weighted by Gasteiger charge is -2.53. The van der Waals surface area contributed by atoms with Gasteiger partial charge < -0.3 is 19.8 Å². The van der Waals surface area contributed by atoms with Crippen LogP contribution in [0.25, 0.3) is 0 Å². The Kier molecular flexibility index (Phi) is 36.6. The van der Waals surface area contributed by atoms with Crippen LogP contribution in [0.1, 0.15) is 255 Å². The molecular formula is C72H114ClF10IO12P2S2. The van der Waals surface area contributed by atoms with Crippen molar-refractivity contribution in [2.24, 2.45) is 46.3 Å². The fraction of sp³-hybridized carbons (Fsp3) is 0.833. The van der Waals surface area contributed by atoms with Gasteiger partial charge >= 0.3 is 39.0 Å². The van der Waals surface area contributed by atoms with Crippen molar-refractivity contribution in [1.82, 2.24) is 0 Å². The minimum atomic E-state index is -5.56. The number of fused-ring (bicyclic) bond motifs is 10. The molecule has 6 aliphatic carbocycles. The molecule has 0 spiro atoms. The van der Waals surface area contributed by atoms with E-state index in [0.29, 0.717) is 96.4 Å². The highest BCUT2D eigenvalue weighted by Crippen LogP contribution is 2.65. The van der Waals surface area contributed by atoms with Gasteiger partial charge in [0, 0.05) is 68.7 Å². The van der Waals surface area contributed by atoms with Gasteiger partial charge in [-0.25, -0.2) is 9.13 Å². The van der Waals surface area contributed by atoms with Crippen LogP contribution in [0, 0.1) is 46.3 Å². The number of alkyl halides is 10. The smallest absolute Gasteiger partial charge is 0.508 e. The quantitative estimate of drug-likeness (QED) is 0.0252. The van der Waals surface area contributed by atoms with Crippen LogP contribution in [0.15, 0.2) is 36.4 Å². The lowest BCUT2D eigenvalue weighted by molar-refractivity contribution is -0.284. The molecule has 0 aliphatic heterocycles. The number of hydrogen-bond acceptors (Lipinski definition) is 12. The predicted octanol–water partition coefficient (Wildman–Crippen LogP) is 22.2. The number of hydrogen-bond donors (Lipinski definition) is 3. The number of rotatable bonds is 38. The second kappa shape index (κ2) is 40.9. The second-order valence-electron chi connectivity index (χ2n) is 29.0. The number of aliphatic hydroxyl groups excluding tert-OH is 2. The molecule has 0 heterocycles. The zero-order valence-corrected chi connectivity index (χ0v) is 65.9. The van der Waals surface area contributed by atoms with Gasteiger partial charge in [0.25, 0.3) is 0 Å². The number of benzene rings is 2. The first-order valence-corrected chi connectivity index (χ1v) is 43.5. The van der Waals surface area contributed by atoms with Gasteiger partial charge in [-0.1, -0.05) is 103 Å². The summed E-state index contributed by atoms with van der Waals surface area (Å²) in [6, 6.07) is 12.0. The monoisotopic (exact) mass is 1650 g/mol. The van der Waals surface area contributed by atoms with Gasteiger partial charge in [-0.2, -0.15) is 43.9 Å². The van der Waals surface area contributed by atoms with Crippen molar-refractivity contribution in [3.8, 4) is 11.5 Å². The van der Waals surface area contributed by atoms with E-state index in [9.17, 15) is 76.8 Å². The fourth-order valence-electron chi connectivity index (χ4n) is 17.5. The van der Waals surface area contributed by atoms with Gasteiger partial charge in [0.2, 0.25) is 0 Å². The van der Waals surface area contributed by atoms with Crippen LogP contribution in [-0.2, 0) is 61.7 Å². The highest BCUT2D eigenvalue weighted by Gasteiger charge is 2.60. The lowest BCUT2D eigenvalue weighted by Crippen LogP contribution is -2.47. The van der Waals surface area contributed by atoms with E-state index >= 15 is 0 Å². The van der Waals surface area contributed by atoms with Gasteiger partial charge in [0.15, 0.2) is 0 Å². The summed E-state index contributed by atoms with van der Waals surface area (Å²) in [4.78, 5) is 0. The van der Waals surface area contributed by atoms with Gasteiger partial charge in [-0.05, 0) is 235 Å². The van der Waals surface area contributed by atoms with Crippen molar-refractivity contribution in [1.29, 1.82) is 0 Å². The second-order valence-corrected chi connectivity index (χ2v) is 36.6. The number of phosphoric acid groups is 1. The van der Waals surface area contributed by atoms with E-state index in [1.165, 1.54) is 22.3 Å². The molecule has 0 bridgehead atoms. The molecule has 14 atom stereocenters. The Hall–Kier alpha value is -1.12. The average molecular weight is 1650 g/mol. The summed E-state index contributed by atoms with van der Waals surface area (Å²) in [6.45, 7) is 9.31. The summed E-state index contributed by atoms with van der Waals surface area (Å²) in [6.07, 6.45) is 11.2. The average Bonchev–Trinajstić information content (AvgIpc) is 1.43. The van der Waals surface area contributed by atoms with Gasteiger partial charge in [-0.3, -0.25) is 26.5 Å². The maximum atomic E-state index is 13.1. The Labute approximate surface area is 615 Å². The Balaban J connectivity index is 0.000000321. The van der Waals surface area contributed by atoms with Gasteiger partial charge in [0.05, 0.1) is 38.6 Å². The molecule has 2 aromatic carbocycles. The first-order valence-electron chi connectivity index (χ1n) is 36.7. The highest BCUT2D eigenvalue weighted by molar-refractivity contribution is 14.0. The minimum absolute atomic E-state index is 0. The molecule has 2 aromatic rings. The number of phenolic OH excluding ortho intramolecular Hbond substituents is 1. The largest absolute Gasteiger partial charge is 0.530 e. The molecule has 580 valence electrons. The van der Waals surface area contributed by atoms with E-state index in [2.05, 4.69) is 35.0 Å². The molecule has 4 fully saturated rings. The maximum Gasteiger partial charge on any atom is 0.530 e. The Morgan fingerprint density at radius 3 is 1.26 bits per heavy atom. The molecule has 12 nitrogen and oxygen atoms in total. The van der Waals surface area contributed by atoms with Crippen LogP contribution in [0.5, 0.6) is 11.5 Å². The number of aromatic hydroxyl groups is 1. The van der Waals surface area contributed by atoms with Crippen LogP contribution in [0.2, 0.25) is 0 Å². The molecule has 2 unspecified atom stereocenters. The molecule has 0 saturated heterocycles. The molecule has 3 N–H and O–H groups in total. The van der Waals surface area contributed by atoms with E-state index in [0.717, 1.165) is 154 Å². The van der Waals surface area contributed by atoms with E-state index < -0.39 is 86.3 Å². The van der Waals surface area contributed by atoms with Gasteiger partial charge in [-0.15, -0.1) is 24.0 Å². The third-order valence-corrected chi connectivity index (χ3v) is 28.7. The Bertz CT molecular complexity index is 2920. The minimum Gasteiger partial charge on any atom is -0.508 e. The van der Waals surface area contributed by atoms with Gasteiger partial charge in [0.1, 0.15) is 11.5 Å². The molecule has 4 saturated carbocycles. The molecule has 0 radical (unpaired) electrons. The van der Waals surface area contributed by atoms with Crippen LogP contribution in [-0.4, -0.2) is 110 Å². The van der Waals surface area contributed by atoms with Crippen molar-refractivity contribution in [2.45, 2.75) is 282 Å². The molecule has 0 aromatic heterocycles. The number of phenols is 1. The maximum absolute atomic E-state index is 13.1. The van der Waals surface area contributed by atoms with Crippen molar-refractivity contribution >= 4 is 71.6 Å². The summed E-state index contributed by atoms with van der Waals surface area (Å²) < 4.78 is 199. The van der Waals surface area contributed by atoms with E-state index in [1.807, 2.05) is 24.3 Å². The Morgan fingerprint density at radius 2 is 0.870 bits per heavy atom. The van der Waals surface area contributed by atoms with E-state index in [4.69, 9.17) is 24.8 Å². The summed E-state index contributed by atoms with van der Waals surface area (Å²) in [5.41, 5.74) is 5.26. The van der Waals surface area contributed by atoms with Crippen LogP contribution in [0.4, 0.5) is 43.9 Å². The highest BCUT2D eigenvalue weighted by atomic mass is 127. The third-order valence-electron chi connectivity index (χ3n) is 22.5. The first kappa shape index (κ1) is 89.5.